The summed E-state index contributed by atoms with van der Waals surface area (Å²) in [5.74, 6) is -0.516. The lowest BCUT2D eigenvalue weighted by atomic mass is 10.1. The number of aromatic nitrogens is 1. The highest BCUT2D eigenvalue weighted by molar-refractivity contribution is 7.94. The number of hydrogen-bond acceptors (Lipinski definition) is 5. The van der Waals surface area contributed by atoms with Gasteiger partial charge >= 0.3 is 5.97 Å². The van der Waals surface area contributed by atoms with Gasteiger partial charge in [0.25, 0.3) is 0 Å². The molecule has 1 fully saturated rings. The van der Waals surface area contributed by atoms with Crippen LogP contribution in [-0.4, -0.2) is 37.8 Å². The van der Waals surface area contributed by atoms with E-state index in [0.717, 1.165) is 22.9 Å². The number of hydrogen-bond donors (Lipinski definition) is 2. The molecule has 0 amide bonds. The van der Waals surface area contributed by atoms with Crippen LogP contribution in [0.5, 0.6) is 0 Å². The van der Waals surface area contributed by atoms with Crippen LogP contribution in [0, 0.1) is 0 Å². The first kappa shape index (κ1) is 21.4. The molecule has 0 radical (unpaired) electrons. The molecule has 1 aromatic heterocycles. The van der Waals surface area contributed by atoms with Crippen molar-refractivity contribution in [1.82, 2.24) is 4.98 Å². The molecule has 7 nitrogen and oxygen atoms in total. The molecule has 0 saturated heterocycles. The molecule has 164 valence electrons. The maximum atomic E-state index is 13.3. The van der Waals surface area contributed by atoms with Crippen molar-refractivity contribution in [1.29, 1.82) is 0 Å². The molecular formula is C23H26N2O5S. The van der Waals surface area contributed by atoms with Crippen LogP contribution < -0.4 is 4.72 Å². The molecule has 0 atom stereocenters. The van der Waals surface area contributed by atoms with Crippen molar-refractivity contribution >= 4 is 32.6 Å². The van der Waals surface area contributed by atoms with Crippen LogP contribution in [0.2, 0.25) is 0 Å². The van der Waals surface area contributed by atoms with Crippen LogP contribution in [0.25, 0.3) is 10.9 Å². The minimum Gasteiger partial charge on any atom is -0.465 e. The Morgan fingerprint density at radius 3 is 2.58 bits per heavy atom. The standard InChI is InChI=1S/C23H26N2O5S/c1-3-17-13-24-21-19(17)11-18(22(26)29-2)12-20(21)25-31(27,28)23(9-10-23)15-30-14-16-7-5-4-6-8-16/h4-8,11-13,24-25H,3,9-10,14-15H2,1-2H3. The first-order chi connectivity index (χ1) is 14.9. The first-order valence-corrected chi connectivity index (χ1v) is 11.7. The second-order valence-electron chi connectivity index (χ2n) is 7.87. The van der Waals surface area contributed by atoms with E-state index in [1.807, 2.05) is 43.5 Å². The van der Waals surface area contributed by atoms with E-state index in [-0.39, 0.29) is 6.61 Å². The summed E-state index contributed by atoms with van der Waals surface area (Å²) in [4.78, 5) is 15.3. The van der Waals surface area contributed by atoms with Crippen molar-refractivity contribution in [3.63, 3.8) is 0 Å². The summed E-state index contributed by atoms with van der Waals surface area (Å²) in [7, 11) is -2.44. The summed E-state index contributed by atoms with van der Waals surface area (Å²) in [6, 6.07) is 12.9. The number of benzene rings is 2. The summed E-state index contributed by atoms with van der Waals surface area (Å²) in [5, 5.41) is 0.799. The number of ether oxygens (including phenoxy) is 2. The van der Waals surface area contributed by atoms with E-state index < -0.39 is 20.7 Å². The average molecular weight is 443 g/mol. The molecular weight excluding hydrogens is 416 g/mol. The molecule has 0 aliphatic heterocycles. The zero-order valence-electron chi connectivity index (χ0n) is 17.6. The van der Waals surface area contributed by atoms with Crippen LogP contribution >= 0.6 is 0 Å². The normalized spacial score (nSPS) is 15.0. The van der Waals surface area contributed by atoms with E-state index in [1.54, 1.807) is 6.07 Å². The molecule has 4 rings (SSSR count). The quantitative estimate of drug-likeness (QED) is 0.488. The van der Waals surface area contributed by atoms with Crippen LogP contribution in [0.1, 0.15) is 41.3 Å². The summed E-state index contributed by atoms with van der Waals surface area (Å²) >= 11 is 0. The number of anilines is 1. The summed E-state index contributed by atoms with van der Waals surface area (Å²) < 4.78 is 38.9. The number of nitrogens with one attached hydrogen (secondary N) is 2. The average Bonchev–Trinajstić information content (AvgIpc) is 3.46. The SMILES string of the molecule is CCc1c[nH]c2c(NS(=O)(=O)C3(COCc4ccccc4)CC3)cc(C(=O)OC)cc12. The smallest absolute Gasteiger partial charge is 0.337 e. The fraction of sp³-hybridized carbons (Fsp3) is 0.348. The molecule has 0 unspecified atom stereocenters. The largest absolute Gasteiger partial charge is 0.465 e. The molecule has 1 aliphatic carbocycles. The number of H-pyrrole nitrogens is 1. The predicted octanol–water partition coefficient (Wildman–Crippen LogP) is 4.01. The van der Waals surface area contributed by atoms with Gasteiger partial charge < -0.3 is 14.5 Å². The van der Waals surface area contributed by atoms with Gasteiger partial charge in [0, 0.05) is 11.6 Å². The molecule has 1 saturated carbocycles. The number of methoxy groups -OCH3 is 1. The molecule has 8 heteroatoms. The number of fused-ring (bicyclic) bond motifs is 1. The Morgan fingerprint density at radius 1 is 1.19 bits per heavy atom. The number of carbonyl (C=O) groups excluding carboxylic acids is 1. The topological polar surface area (TPSA) is 97.5 Å². The fourth-order valence-electron chi connectivity index (χ4n) is 3.71. The van der Waals surface area contributed by atoms with E-state index in [1.165, 1.54) is 13.2 Å². The van der Waals surface area contributed by atoms with Crippen molar-refractivity contribution in [3.8, 4) is 0 Å². The number of aryl methyl sites for hydroxylation is 1. The van der Waals surface area contributed by atoms with E-state index in [4.69, 9.17) is 9.47 Å². The van der Waals surface area contributed by atoms with Gasteiger partial charge in [0.1, 0.15) is 4.75 Å². The van der Waals surface area contributed by atoms with E-state index in [0.29, 0.717) is 36.2 Å². The lowest BCUT2D eigenvalue weighted by Crippen LogP contribution is -2.34. The Bertz CT molecular complexity index is 1200. The lowest BCUT2D eigenvalue weighted by Gasteiger charge is -2.19. The van der Waals surface area contributed by atoms with Gasteiger partial charge in [0.05, 0.1) is 37.1 Å². The second-order valence-corrected chi connectivity index (χ2v) is 9.95. The number of esters is 1. The Balaban J connectivity index is 1.58. The predicted molar refractivity (Wildman–Crippen MR) is 120 cm³/mol. The summed E-state index contributed by atoms with van der Waals surface area (Å²) in [6.45, 7) is 2.47. The highest BCUT2D eigenvalue weighted by Gasteiger charge is 2.55. The molecule has 31 heavy (non-hydrogen) atoms. The van der Waals surface area contributed by atoms with Crippen LogP contribution in [0.3, 0.4) is 0 Å². The Kier molecular flexibility index (Phi) is 5.77. The maximum Gasteiger partial charge on any atom is 0.337 e. The zero-order chi connectivity index (χ0) is 22.1. The van der Waals surface area contributed by atoms with Crippen molar-refractivity contribution < 1.29 is 22.7 Å². The molecule has 2 aromatic carbocycles. The van der Waals surface area contributed by atoms with Gasteiger partial charge in [-0.05, 0) is 42.5 Å². The van der Waals surface area contributed by atoms with Gasteiger partial charge in [-0.3, -0.25) is 4.72 Å². The Hall–Kier alpha value is -2.84. The third-order valence-electron chi connectivity index (χ3n) is 5.78. The number of sulfonamides is 1. The van der Waals surface area contributed by atoms with Crippen molar-refractivity contribution in [2.45, 2.75) is 37.5 Å². The number of carbonyl (C=O) groups is 1. The van der Waals surface area contributed by atoms with Crippen molar-refractivity contribution in [2.24, 2.45) is 0 Å². The van der Waals surface area contributed by atoms with Gasteiger partial charge in [-0.1, -0.05) is 37.3 Å². The molecule has 1 aliphatic rings. The van der Waals surface area contributed by atoms with Gasteiger partial charge in [0.15, 0.2) is 0 Å². The highest BCUT2D eigenvalue weighted by atomic mass is 32.2. The van der Waals surface area contributed by atoms with Gasteiger partial charge in [-0.25, -0.2) is 13.2 Å². The number of aromatic amines is 1. The lowest BCUT2D eigenvalue weighted by molar-refractivity contribution is 0.0601. The minimum atomic E-state index is -3.74. The zero-order valence-corrected chi connectivity index (χ0v) is 18.4. The van der Waals surface area contributed by atoms with Crippen LogP contribution in [0.15, 0.2) is 48.7 Å². The molecule has 0 spiro atoms. The molecule has 1 heterocycles. The highest BCUT2D eigenvalue weighted by Crippen LogP contribution is 2.45. The third kappa shape index (κ3) is 4.18. The number of rotatable bonds is 9. The van der Waals surface area contributed by atoms with E-state index in [2.05, 4.69) is 9.71 Å². The monoisotopic (exact) mass is 442 g/mol. The first-order valence-electron chi connectivity index (χ1n) is 10.3. The minimum absolute atomic E-state index is 0.113. The molecule has 2 N–H and O–H groups in total. The van der Waals surface area contributed by atoms with Gasteiger partial charge in [0.2, 0.25) is 10.0 Å². The van der Waals surface area contributed by atoms with Gasteiger partial charge in [-0.2, -0.15) is 0 Å². The summed E-state index contributed by atoms with van der Waals surface area (Å²) in [6.07, 6.45) is 3.64. The summed E-state index contributed by atoms with van der Waals surface area (Å²) in [5.41, 5.74) is 3.27. The maximum absolute atomic E-state index is 13.3. The van der Waals surface area contributed by atoms with Crippen molar-refractivity contribution in [2.75, 3.05) is 18.4 Å². The second kappa shape index (κ2) is 8.36. The van der Waals surface area contributed by atoms with Crippen molar-refractivity contribution in [3.05, 3.63) is 65.4 Å². The van der Waals surface area contributed by atoms with Crippen LogP contribution in [-0.2, 0) is 32.5 Å². The van der Waals surface area contributed by atoms with Gasteiger partial charge in [-0.15, -0.1) is 0 Å². The molecule has 3 aromatic rings. The van der Waals surface area contributed by atoms with E-state index in [9.17, 15) is 13.2 Å². The fourth-order valence-corrected chi connectivity index (χ4v) is 5.25. The van der Waals surface area contributed by atoms with Crippen LogP contribution in [0.4, 0.5) is 5.69 Å². The third-order valence-corrected chi connectivity index (χ3v) is 7.93. The Morgan fingerprint density at radius 2 is 1.94 bits per heavy atom. The molecule has 0 bridgehead atoms. The Labute approximate surface area is 181 Å². The van der Waals surface area contributed by atoms with E-state index >= 15 is 0 Å².